The summed E-state index contributed by atoms with van der Waals surface area (Å²) in [5, 5.41) is 5.13. The third-order valence-corrected chi connectivity index (χ3v) is 5.00. The van der Waals surface area contributed by atoms with E-state index in [2.05, 4.69) is 10.6 Å². The number of amides is 2. The molecule has 32 heavy (non-hydrogen) atoms. The normalized spacial score (nSPS) is 13.8. The number of alkyl halides is 3. The highest BCUT2D eigenvalue weighted by Gasteiger charge is 2.33. The average Bonchev–Trinajstić information content (AvgIpc) is 3.55. The van der Waals surface area contributed by atoms with E-state index in [4.69, 9.17) is 16.3 Å². The van der Waals surface area contributed by atoms with Crippen molar-refractivity contribution in [2.75, 3.05) is 13.2 Å². The summed E-state index contributed by atoms with van der Waals surface area (Å²) in [4.78, 5) is 23.6. The first-order valence-corrected chi connectivity index (χ1v) is 10.4. The number of benzene rings is 2. The molecular formula is C23H22ClF3N2O3. The number of carbonyl (C=O) groups excluding carboxylic acids is 2. The van der Waals surface area contributed by atoms with Crippen molar-refractivity contribution < 1.29 is 27.5 Å². The maximum Gasteiger partial charge on any atom is 0.417 e. The molecule has 9 heteroatoms. The second-order valence-electron chi connectivity index (χ2n) is 7.39. The second-order valence-corrected chi connectivity index (χ2v) is 7.79. The second kappa shape index (κ2) is 10.5. The maximum absolute atomic E-state index is 12.9. The quantitative estimate of drug-likeness (QED) is 0.539. The zero-order chi connectivity index (χ0) is 23.1. The number of rotatable bonds is 9. The molecule has 0 heterocycles. The topological polar surface area (TPSA) is 67.4 Å². The lowest BCUT2D eigenvalue weighted by atomic mass is 10.1. The summed E-state index contributed by atoms with van der Waals surface area (Å²) < 4.78 is 44.1. The molecule has 0 bridgehead atoms. The van der Waals surface area contributed by atoms with Crippen molar-refractivity contribution in [1.82, 2.24) is 10.6 Å². The summed E-state index contributed by atoms with van der Waals surface area (Å²) in [5.74, 6) is 0.0172. The number of carbonyl (C=O) groups is 2. The van der Waals surface area contributed by atoms with Crippen molar-refractivity contribution in [2.45, 2.75) is 31.5 Å². The molecule has 0 radical (unpaired) electrons. The van der Waals surface area contributed by atoms with Crippen LogP contribution in [0.1, 0.15) is 29.5 Å². The summed E-state index contributed by atoms with van der Waals surface area (Å²) in [5.41, 5.74) is 0.229. The van der Waals surface area contributed by atoms with Crippen LogP contribution in [-0.2, 0) is 22.2 Å². The zero-order valence-corrected chi connectivity index (χ0v) is 17.8. The van der Waals surface area contributed by atoms with Gasteiger partial charge in [-0.05, 0) is 60.7 Å². The Bertz CT molecular complexity index is 987. The first kappa shape index (κ1) is 23.7. The molecule has 2 aromatic rings. The van der Waals surface area contributed by atoms with E-state index < -0.39 is 22.7 Å². The van der Waals surface area contributed by atoms with Gasteiger partial charge in [0.25, 0.3) is 5.91 Å². The molecule has 170 valence electrons. The zero-order valence-electron chi connectivity index (χ0n) is 17.0. The van der Waals surface area contributed by atoms with Crippen LogP contribution in [0.5, 0.6) is 5.75 Å². The first-order valence-electron chi connectivity index (χ1n) is 10.0. The first-order chi connectivity index (χ1) is 15.2. The van der Waals surface area contributed by atoms with E-state index in [1.807, 2.05) is 12.1 Å². The fraction of sp³-hybridized carbons (Fsp3) is 0.304. The maximum atomic E-state index is 12.9. The van der Waals surface area contributed by atoms with E-state index in [1.54, 1.807) is 12.1 Å². The van der Waals surface area contributed by atoms with Crippen LogP contribution in [0.4, 0.5) is 13.2 Å². The standard InChI is InChI=1S/C23H22ClF3N2O3/c24-20-9-3-16(13-19(20)23(25,26)27)4-10-21(30)28-12-11-15-1-7-18(8-2-15)32-14-22(31)29-17-5-6-17/h1-4,7-10,13,17H,5-6,11-12,14H2,(H,28,30)(H,29,31)/b10-4+. The van der Waals surface area contributed by atoms with Gasteiger partial charge in [-0.2, -0.15) is 13.2 Å². The molecule has 0 spiro atoms. The van der Waals surface area contributed by atoms with Gasteiger partial charge in [0.15, 0.2) is 6.61 Å². The van der Waals surface area contributed by atoms with Crippen molar-refractivity contribution in [3.8, 4) is 5.75 Å². The molecule has 0 saturated heterocycles. The Morgan fingerprint density at radius 3 is 2.50 bits per heavy atom. The summed E-state index contributed by atoms with van der Waals surface area (Å²) in [6, 6.07) is 10.9. The van der Waals surface area contributed by atoms with E-state index in [-0.39, 0.29) is 18.1 Å². The molecule has 3 rings (SSSR count). The molecule has 0 unspecified atom stereocenters. The number of hydrogen-bond acceptors (Lipinski definition) is 3. The van der Waals surface area contributed by atoms with E-state index in [0.29, 0.717) is 24.8 Å². The van der Waals surface area contributed by atoms with Gasteiger partial charge in [0.2, 0.25) is 5.91 Å². The molecule has 2 N–H and O–H groups in total. The number of hydrogen-bond donors (Lipinski definition) is 2. The predicted molar refractivity (Wildman–Crippen MR) is 115 cm³/mol. The number of halogens is 4. The highest BCUT2D eigenvalue weighted by atomic mass is 35.5. The van der Waals surface area contributed by atoms with Crippen molar-refractivity contribution in [2.24, 2.45) is 0 Å². The molecule has 0 aliphatic heterocycles. The van der Waals surface area contributed by atoms with Crippen LogP contribution in [0, 0.1) is 0 Å². The third kappa shape index (κ3) is 7.60. The number of ether oxygens (including phenoxy) is 1. The van der Waals surface area contributed by atoms with Gasteiger partial charge in [-0.1, -0.05) is 29.8 Å². The lowest BCUT2D eigenvalue weighted by Crippen LogP contribution is -2.30. The van der Waals surface area contributed by atoms with Gasteiger partial charge in [-0.15, -0.1) is 0 Å². The van der Waals surface area contributed by atoms with Crippen molar-refractivity contribution >= 4 is 29.5 Å². The molecule has 1 fully saturated rings. The molecule has 1 aliphatic carbocycles. The molecule has 1 aliphatic rings. The van der Waals surface area contributed by atoms with E-state index in [0.717, 1.165) is 30.5 Å². The number of nitrogens with one attached hydrogen (secondary N) is 2. The Morgan fingerprint density at radius 2 is 1.84 bits per heavy atom. The molecule has 0 aromatic heterocycles. The molecule has 1 saturated carbocycles. The van der Waals surface area contributed by atoms with Gasteiger partial charge in [-0.25, -0.2) is 0 Å². The SMILES string of the molecule is O=C(/C=C/c1ccc(Cl)c(C(F)(F)F)c1)NCCc1ccc(OCC(=O)NC2CC2)cc1. The Balaban J connectivity index is 1.41. The molecule has 0 atom stereocenters. The highest BCUT2D eigenvalue weighted by molar-refractivity contribution is 6.31. The van der Waals surface area contributed by atoms with Crippen molar-refractivity contribution in [3.05, 3.63) is 70.3 Å². The lowest BCUT2D eigenvalue weighted by Gasteiger charge is -2.09. The largest absolute Gasteiger partial charge is 0.484 e. The van der Waals surface area contributed by atoms with Crippen molar-refractivity contribution in [1.29, 1.82) is 0 Å². The van der Waals surface area contributed by atoms with Gasteiger partial charge in [0, 0.05) is 18.7 Å². The Morgan fingerprint density at radius 1 is 1.12 bits per heavy atom. The van der Waals surface area contributed by atoms with Gasteiger partial charge < -0.3 is 15.4 Å². The molecule has 2 amide bonds. The van der Waals surface area contributed by atoms with Crippen LogP contribution in [-0.4, -0.2) is 31.0 Å². The minimum atomic E-state index is -4.56. The molecule has 5 nitrogen and oxygen atoms in total. The third-order valence-electron chi connectivity index (χ3n) is 4.67. The van der Waals surface area contributed by atoms with Crippen LogP contribution in [0.2, 0.25) is 5.02 Å². The van der Waals surface area contributed by atoms with Gasteiger partial charge in [0.1, 0.15) is 5.75 Å². The van der Waals surface area contributed by atoms with Gasteiger partial charge >= 0.3 is 6.18 Å². The smallest absolute Gasteiger partial charge is 0.417 e. The van der Waals surface area contributed by atoms with Crippen LogP contribution >= 0.6 is 11.6 Å². The van der Waals surface area contributed by atoms with Crippen LogP contribution in [0.25, 0.3) is 6.08 Å². The van der Waals surface area contributed by atoms with E-state index >= 15 is 0 Å². The van der Waals surface area contributed by atoms with Crippen LogP contribution in [0.15, 0.2) is 48.5 Å². The van der Waals surface area contributed by atoms with Gasteiger partial charge in [0.05, 0.1) is 10.6 Å². The van der Waals surface area contributed by atoms with E-state index in [9.17, 15) is 22.8 Å². The predicted octanol–water partition coefficient (Wildman–Crippen LogP) is 4.39. The summed E-state index contributed by atoms with van der Waals surface area (Å²) in [7, 11) is 0. The Labute approximate surface area is 188 Å². The van der Waals surface area contributed by atoms with Crippen LogP contribution in [0.3, 0.4) is 0 Å². The minimum Gasteiger partial charge on any atom is -0.484 e. The minimum absolute atomic E-state index is 0.0314. The average molecular weight is 467 g/mol. The fourth-order valence-electron chi connectivity index (χ4n) is 2.82. The van der Waals surface area contributed by atoms with Crippen molar-refractivity contribution in [3.63, 3.8) is 0 Å². The van der Waals surface area contributed by atoms with Crippen LogP contribution < -0.4 is 15.4 Å². The van der Waals surface area contributed by atoms with Gasteiger partial charge in [-0.3, -0.25) is 9.59 Å². The lowest BCUT2D eigenvalue weighted by molar-refractivity contribution is -0.137. The summed E-state index contributed by atoms with van der Waals surface area (Å²) >= 11 is 5.58. The highest BCUT2D eigenvalue weighted by Crippen LogP contribution is 2.35. The molecule has 2 aromatic carbocycles. The Kier molecular flexibility index (Phi) is 7.80. The van der Waals surface area contributed by atoms with E-state index in [1.165, 1.54) is 18.2 Å². The monoisotopic (exact) mass is 466 g/mol. The molecular weight excluding hydrogens is 445 g/mol. The summed E-state index contributed by atoms with van der Waals surface area (Å²) in [6.07, 6.45) is 0.507. The Hall–Kier alpha value is -3.00. The summed E-state index contributed by atoms with van der Waals surface area (Å²) in [6.45, 7) is 0.317. The fourth-order valence-corrected chi connectivity index (χ4v) is 3.05.